The van der Waals surface area contributed by atoms with Crippen molar-refractivity contribution in [2.45, 2.75) is 12.7 Å². The van der Waals surface area contributed by atoms with E-state index in [0.29, 0.717) is 7.14 Å². The van der Waals surface area contributed by atoms with E-state index in [1.807, 2.05) is 45.2 Å². The van der Waals surface area contributed by atoms with Crippen molar-refractivity contribution in [1.82, 2.24) is 0 Å². The van der Waals surface area contributed by atoms with Crippen molar-refractivity contribution in [2.24, 2.45) is 0 Å². The van der Waals surface area contributed by atoms with Crippen molar-refractivity contribution in [1.29, 1.82) is 0 Å². The van der Waals surface area contributed by atoms with Gasteiger partial charge in [0.25, 0.3) is 0 Å². The highest BCUT2D eigenvalue weighted by Gasteiger charge is 2.32. The smallest absolute Gasteiger partial charge is 0.397 e. The van der Waals surface area contributed by atoms with Crippen LogP contribution in [-0.2, 0) is 16.1 Å². The van der Waals surface area contributed by atoms with Crippen LogP contribution < -0.4 is 5.11 Å². The first kappa shape index (κ1) is 14.8. The highest BCUT2D eigenvalue weighted by Crippen LogP contribution is 2.29. The first-order valence-electron chi connectivity index (χ1n) is 4.14. The van der Waals surface area contributed by atoms with Crippen LogP contribution in [0.15, 0.2) is 12.1 Å². The summed E-state index contributed by atoms with van der Waals surface area (Å²) in [4.78, 5) is 10.0. The largest absolute Gasteiger partial charge is 0.542 e. The first-order chi connectivity index (χ1) is 7.74. The van der Waals surface area contributed by atoms with Crippen LogP contribution >= 0.6 is 45.2 Å². The molecule has 0 radical (unpaired) electrons. The van der Waals surface area contributed by atoms with Crippen molar-refractivity contribution >= 4 is 51.2 Å². The van der Waals surface area contributed by atoms with E-state index in [1.165, 1.54) is 6.07 Å². The van der Waals surface area contributed by atoms with E-state index in [2.05, 4.69) is 4.74 Å². The Morgan fingerprint density at radius 3 is 2.59 bits per heavy atom. The molecule has 4 nitrogen and oxygen atoms in total. The van der Waals surface area contributed by atoms with Crippen molar-refractivity contribution in [3.05, 3.63) is 24.8 Å². The summed E-state index contributed by atoms with van der Waals surface area (Å²) in [5, 5.41) is 19.6. The number of aliphatic carboxylic acids is 1. The summed E-state index contributed by atoms with van der Waals surface area (Å²) in [6.07, 6.45) is -4.38. The van der Waals surface area contributed by atoms with E-state index in [-0.39, 0.29) is 11.3 Å². The molecule has 94 valence electrons. The average Bonchev–Trinajstić information content (AvgIpc) is 2.21. The molecule has 0 aliphatic carbocycles. The second-order valence-electron chi connectivity index (χ2n) is 2.99. The predicted molar refractivity (Wildman–Crippen MR) is 68.3 cm³/mol. The Bertz CT molecular complexity index is 451. The second kappa shape index (κ2) is 5.61. The summed E-state index contributed by atoms with van der Waals surface area (Å²) >= 11 is 3.76. The van der Waals surface area contributed by atoms with Crippen LogP contribution in [0.1, 0.15) is 5.56 Å². The Morgan fingerprint density at radius 2 is 2.06 bits per heavy atom. The Kier molecular flexibility index (Phi) is 4.89. The molecule has 0 atom stereocenters. The maximum atomic E-state index is 12.6. The van der Waals surface area contributed by atoms with Crippen LogP contribution in [0.2, 0.25) is 0 Å². The van der Waals surface area contributed by atoms with Crippen LogP contribution in [0.5, 0.6) is 5.75 Å². The molecule has 0 bridgehead atoms. The lowest BCUT2D eigenvalue weighted by molar-refractivity contribution is -0.364. The van der Waals surface area contributed by atoms with Gasteiger partial charge in [-0.2, -0.15) is 8.78 Å². The number of ether oxygens (including phenoxy) is 1. The fraction of sp³-hybridized carbons (Fsp3) is 0.222. The minimum Gasteiger partial charge on any atom is -0.542 e. The summed E-state index contributed by atoms with van der Waals surface area (Å²) in [6.45, 7) is -0.723. The fourth-order valence-corrected chi connectivity index (χ4v) is 2.92. The lowest BCUT2D eigenvalue weighted by Gasteiger charge is -2.18. The van der Waals surface area contributed by atoms with E-state index in [9.17, 15) is 23.8 Å². The molecule has 0 saturated carbocycles. The number of halogens is 4. The molecule has 1 aromatic rings. The molecular formula is C9H5F2I2O4-. The quantitative estimate of drug-likeness (QED) is 0.679. The number of hydrogen-bond acceptors (Lipinski definition) is 4. The van der Waals surface area contributed by atoms with Crippen molar-refractivity contribution < 1.29 is 28.5 Å². The van der Waals surface area contributed by atoms with Crippen molar-refractivity contribution in [3.8, 4) is 5.75 Å². The van der Waals surface area contributed by atoms with Crippen LogP contribution in [0, 0.1) is 7.14 Å². The third-order valence-electron chi connectivity index (χ3n) is 1.75. The third-order valence-corrected chi connectivity index (χ3v) is 3.20. The molecule has 0 heterocycles. The summed E-state index contributed by atoms with van der Waals surface area (Å²) < 4.78 is 30.3. The molecule has 0 aliphatic rings. The number of phenols is 1. The number of hydrogen-bond donors (Lipinski definition) is 1. The maximum Gasteiger partial charge on any atom is 0.397 e. The van der Waals surface area contributed by atoms with E-state index >= 15 is 0 Å². The first-order valence-corrected chi connectivity index (χ1v) is 6.30. The molecular weight excluding hydrogens is 464 g/mol. The molecule has 1 aromatic carbocycles. The van der Waals surface area contributed by atoms with Gasteiger partial charge in [-0.15, -0.1) is 0 Å². The van der Waals surface area contributed by atoms with Crippen molar-refractivity contribution in [2.75, 3.05) is 0 Å². The number of carbonyl (C=O) groups is 1. The molecule has 8 heteroatoms. The van der Waals surface area contributed by atoms with Gasteiger partial charge in [0.15, 0.2) is 0 Å². The zero-order chi connectivity index (χ0) is 13.2. The zero-order valence-corrected chi connectivity index (χ0v) is 12.4. The number of aromatic hydroxyl groups is 1. The van der Waals surface area contributed by atoms with E-state index in [0.717, 1.165) is 0 Å². The molecule has 0 amide bonds. The minimum atomic E-state index is -4.38. The number of alkyl halides is 2. The normalized spacial score (nSPS) is 11.5. The van der Waals surface area contributed by atoms with Crippen LogP contribution in [0.3, 0.4) is 0 Å². The SMILES string of the molecule is O=C([O-])C(F)(F)OCc1cc(I)cc(I)c1O. The molecule has 0 unspecified atom stereocenters. The van der Waals surface area contributed by atoms with Crippen LogP contribution in [-0.4, -0.2) is 17.2 Å². The lowest BCUT2D eigenvalue weighted by Crippen LogP contribution is -2.43. The number of phenolic OH excluding ortho intramolecular Hbond substituents is 1. The monoisotopic (exact) mass is 469 g/mol. The Labute approximate surface area is 122 Å². The predicted octanol–water partition coefficient (Wildman–Crippen LogP) is 1.46. The summed E-state index contributed by atoms with van der Waals surface area (Å²) in [6, 6.07) is 3.06. The molecule has 0 saturated heterocycles. The molecule has 1 rings (SSSR count). The number of carbonyl (C=O) groups excluding carboxylic acids is 1. The van der Waals surface area contributed by atoms with Gasteiger partial charge in [0.2, 0.25) is 0 Å². The fourth-order valence-electron chi connectivity index (χ4n) is 0.957. The third kappa shape index (κ3) is 3.88. The van der Waals surface area contributed by atoms with Gasteiger partial charge in [0.1, 0.15) is 11.7 Å². The van der Waals surface area contributed by atoms with Crippen molar-refractivity contribution in [3.63, 3.8) is 0 Å². The van der Waals surface area contributed by atoms with Gasteiger partial charge >= 0.3 is 6.11 Å². The molecule has 0 spiro atoms. The molecule has 17 heavy (non-hydrogen) atoms. The van der Waals surface area contributed by atoms with E-state index in [1.54, 1.807) is 6.07 Å². The summed E-state index contributed by atoms with van der Waals surface area (Å²) in [7, 11) is 0. The molecule has 1 N–H and O–H groups in total. The Balaban J connectivity index is 2.87. The van der Waals surface area contributed by atoms with Gasteiger partial charge < -0.3 is 19.7 Å². The number of rotatable bonds is 4. The maximum absolute atomic E-state index is 12.6. The topological polar surface area (TPSA) is 69.6 Å². The second-order valence-corrected chi connectivity index (χ2v) is 5.40. The standard InChI is InChI=1S/C9H6F2I2O4/c10-9(11,8(15)16)17-3-4-1-5(12)2-6(13)7(4)14/h1-2,14H,3H2,(H,15,16)/p-1. The lowest BCUT2D eigenvalue weighted by atomic mass is 10.2. The molecule has 0 aromatic heterocycles. The highest BCUT2D eigenvalue weighted by molar-refractivity contribution is 14.1. The molecule has 0 aliphatic heterocycles. The van der Waals surface area contributed by atoms with Gasteiger partial charge in [-0.1, -0.05) is 0 Å². The Morgan fingerprint density at radius 1 is 1.47 bits per heavy atom. The summed E-state index contributed by atoms with van der Waals surface area (Å²) in [5.41, 5.74) is 0.0854. The van der Waals surface area contributed by atoms with E-state index in [4.69, 9.17) is 0 Å². The van der Waals surface area contributed by atoms with Crippen LogP contribution in [0.25, 0.3) is 0 Å². The number of carboxylic acids is 1. The highest BCUT2D eigenvalue weighted by atomic mass is 127. The van der Waals surface area contributed by atoms with Gasteiger partial charge in [0, 0.05) is 9.13 Å². The van der Waals surface area contributed by atoms with Gasteiger partial charge in [-0.3, -0.25) is 0 Å². The molecule has 0 fully saturated rings. The summed E-state index contributed by atoms with van der Waals surface area (Å²) in [5.74, 6) is -2.82. The minimum absolute atomic E-state index is 0.0854. The van der Waals surface area contributed by atoms with Gasteiger partial charge in [-0.05, 0) is 57.3 Å². The van der Waals surface area contributed by atoms with Crippen LogP contribution in [0.4, 0.5) is 8.78 Å². The number of benzene rings is 1. The van der Waals surface area contributed by atoms with E-state index < -0.39 is 18.7 Å². The average molecular weight is 469 g/mol. The van der Waals surface area contributed by atoms with Gasteiger partial charge in [-0.25, -0.2) is 0 Å². The Hall–Kier alpha value is -0.230. The zero-order valence-electron chi connectivity index (χ0n) is 8.05. The number of carboxylic acid groups (broad SMARTS) is 1. The van der Waals surface area contributed by atoms with Gasteiger partial charge in [0.05, 0.1) is 10.2 Å².